The Kier molecular flexibility index (Phi) is 8.06. The molecular formula is C34H37N5O2. The molecule has 0 saturated carbocycles. The molecule has 5 rings (SSSR count). The van der Waals surface area contributed by atoms with Crippen molar-refractivity contribution in [1.82, 2.24) is 25.0 Å². The van der Waals surface area contributed by atoms with Crippen molar-refractivity contribution in [2.24, 2.45) is 7.05 Å². The number of nitrogens with one attached hydrogen (secondary N) is 2. The molecule has 0 aliphatic rings. The van der Waals surface area contributed by atoms with Gasteiger partial charge in [0, 0.05) is 61.0 Å². The van der Waals surface area contributed by atoms with E-state index >= 15 is 0 Å². The maximum absolute atomic E-state index is 13.8. The average molecular weight is 548 g/mol. The molecule has 3 aromatic carbocycles. The summed E-state index contributed by atoms with van der Waals surface area (Å²) in [4.78, 5) is 32.4. The van der Waals surface area contributed by atoms with Crippen molar-refractivity contribution in [2.45, 2.75) is 45.7 Å². The Morgan fingerprint density at radius 1 is 0.976 bits per heavy atom. The highest BCUT2D eigenvalue weighted by atomic mass is 16.2. The molecule has 0 bridgehead atoms. The summed E-state index contributed by atoms with van der Waals surface area (Å²) in [5, 5.41) is 8.83. The summed E-state index contributed by atoms with van der Waals surface area (Å²) in [7, 11) is 3.61. The van der Waals surface area contributed by atoms with E-state index in [0.717, 1.165) is 44.4 Å². The molecule has 2 aromatic heterocycles. The molecule has 41 heavy (non-hydrogen) atoms. The zero-order chi connectivity index (χ0) is 29.1. The minimum atomic E-state index is -0.686. The number of hydrogen-bond acceptors (Lipinski definition) is 3. The summed E-state index contributed by atoms with van der Waals surface area (Å²) in [6, 6.07) is 23.1. The van der Waals surface area contributed by atoms with E-state index in [1.807, 2.05) is 107 Å². The topological polar surface area (TPSA) is 83.0 Å². The van der Waals surface area contributed by atoms with Gasteiger partial charge >= 0.3 is 0 Å². The number of aromatic nitrogens is 3. The molecule has 0 aliphatic carbocycles. The molecule has 2 atom stereocenters. The molecule has 2 unspecified atom stereocenters. The minimum Gasteiger partial charge on any atom is -0.361 e. The summed E-state index contributed by atoms with van der Waals surface area (Å²) >= 11 is 0. The molecule has 0 radical (unpaired) electrons. The first kappa shape index (κ1) is 27.9. The van der Waals surface area contributed by atoms with Gasteiger partial charge in [-0.15, -0.1) is 0 Å². The third-order valence-corrected chi connectivity index (χ3v) is 7.54. The number of benzene rings is 3. The van der Waals surface area contributed by atoms with Gasteiger partial charge < -0.3 is 15.2 Å². The van der Waals surface area contributed by atoms with Crippen LogP contribution in [0.15, 0.2) is 85.2 Å². The lowest BCUT2D eigenvalue weighted by Crippen LogP contribution is -2.51. The maximum Gasteiger partial charge on any atom is 0.254 e. The van der Waals surface area contributed by atoms with Crippen LogP contribution in [0.25, 0.3) is 22.2 Å². The average Bonchev–Trinajstić information content (AvgIpc) is 3.57. The number of nitrogens with zero attached hydrogens (tertiary/aromatic N) is 3. The second kappa shape index (κ2) is 11.8. The number of para-hydroxylation sites is 1. The molecule has 0 aliphatic heterocycles. The first-order valence-corrected chi connectivity index (χ1v) is 14.0. The Labute approximate surface area is 241 Å². The summed E-state index contributed by atoms with van der Waals surface area (Å²) in [6.07, 6.45) is 4.98. The van der Waals surface area contributed by atoms with E-state index in [9.17, 15) is 9.59 Å². The largest absolute Gasteiger partial charge is 0.361 e. The maximum atomic E-state index is 13.8. The molecule has 210 valence electrons. The van der Waals surface area contributed by atoms with Crippen LogP contribution >= 0.6 is 0 Å². The quantitative estimate of drug-likeness (QED) is 0.251. The van der Waals surface area contributed by atoms with Crippen molar-refractivity contribution in [3.63, 3.8) is 0 Å². The molecular weight excluding hydrogens is 510 g/mol. The normalized spacial score (nSPS) is 12.7. The van der Waals surface area contributed by atoms with Crippen LogP contribution < -0.4 is 5.32 Å². The van der Waals surface area contributed by atoms with Crippen molar-refractivity contribution in [2.75, 3.05) is 7.05 Å². The summed E-state index contributed by atoms with van der Waals surface area (Å²) in [5.74, 6) is -0.349. The van der Waals surface area contributed by atoms with Gasteiger partial charge in [-0.2, -0.15) is 5.10 Å². The zero-order valence-corrected chi connectivity index (χ0v) is 24.3. The number of aromatic amines is 1. The van der Waals surface area contributed by atoms with Gasteiger partial charge in [0.1, 0.15) is 6.04 Å². The fourth-order valence-electron chi connectivity index (χ4n) is 5.47. The molecule has 5 aromatic rings. The Hall–Kier alpha value is -4.65. The van der Waals surface area contributed by atoms with Gasteiger partial charge in [-0.1, -0.05) is 59.7 Å². The second-order valence-corrected chi connectivity index (χ2v) is 11.1. The lowest BCUT2D eigenvalue weighted by atomic mass is 9.99. The van der Waals surface area contributed by atoms with E-state index < -0.39 is 6.04 Å². The van der Waals surface area contributed by atoms with E-state index in [0.29, 0.717) is 18.4 Å². The zero-order valence-electron chi connectivity index (χ0n) is 24.3. The highest BCUT2D eigenvalue weighted by molar-refractivity contribution is 5.98. The number of amides is 2. The number of carbonyl (C=O) groups excluding carboxylic acids is 2. The van der Waals surface area contributed by atoms with Crippen LogP contribution in [0.5, 0.6) is 0 Å². The molecule has 0 spiro atoms. The standard InChI is InChI=1S/C34H37N5O2/c1-22-16-23(2)18-27(17-22)34(41)39(5)32(20-25-10-12-26(13-11-25)30-14-15-38(4)37-30)33(40)36-24(3)19-28-21-35-31-9-7-6-8-29(28)31/h6-18,21,24,32,35H,19-20H2,1-5H3,(H,36,40). The van der Waals surface area contributed by atoms with E-state index in [1.165, 1.54) is 0 Å². The number of hydrogen-bond donors (Lipinski definition) is 2. The smallest absolute Gasteiger partial charge is 0.254 e. The Morgan fingerprint density at radius 2 is 1.68 bits per heavy atom. The molecule has 2 amide bonds. The summed E-state index contributed by atoms with van der Waals surface area (Å²) in [6.45, 7) is 5.96. The van der Waals surface area contributed by atoms with Gasteiger partial charge in [0.25, 0.3) is 5.91 Å². The van der Waals surface area contributed by atoms with Crippen LogP contribution in [0.2, 0.25) is 0 Å². The Bertz CT molecular complexity index is 1660. The van der Waals surface area contributed by atoms with Crippen LogP contribution in [0.3, 0.4) is 0 Å². The fraction of sp³-hybridized carbons (Fsp3) is 0.265. The number of aryl methyl sites for hydroxylation is 3. The van der Waals surface area contributed by atoms with Crippen molar-refractivity contribution >= 4 is 22.7 Å². The number of likely N-dealkylation sites (N-methyl/N-ethyl adjacent to an activating group) is 1. The lowest BCUT2D eigenvalue weighted by Gasteiger charge is -2.29. The third-order valence-electron chi connectivity index (χ3n) is 7.54. The van der Waals surface area contributed by atoms with E-state index in [-0.39, 0.29) is 17.9 Å². The number of H-pyrrole nitrogens is 1. The van der Waals surface area contributed by atoms with Gasteiger partial charge in [0.15, 0.2) is 0 Å². The minimum absolute atomic E-state index is 0.125. The van der Waals surface area contributed by atoms with Crippen molar-refractivity contribution in [3.8, 4) is 11.3 Å². The van der Waals surface area contributed by atoms with Gasteiger partial charge in [-0.05, 0) is 62.6 Å². The van der Waals surface area contributed by atoms with Gasteiger partial charge in [0.05, 0.1) is 5.69 Å². The van der Waals surface area contributed by atoms with Gasteiger partial charge in [-0.25, -0.2) is 0 Å². The molecule has 7 nitrogen and oxygen atoms in total. The van der Waals surface area contributed by atoms with Crippen molar-refractivity contribution in [1.29, 1.82) is 0 Å². The van der Waals surface area contributed by atoms with E-state index in [4.69, 9.17) is 0 Å². The summed E-state index contributed by atoms with van der Waals surface area (Å²) in [5.41, 5.74) is 7.69. The molecule has 0 fully saturated rings. The van der Waals surface area contributed by atoms with E-state index in [1.54, 1.807) is 16.6 Å². The first-order chi connectivity index (χ1) is 19.7. The van der Waals surface area contributed by atoms with E-state index in [2.05, 4.69) is 21.5 Å². The number of carbonyl (C=O) groups is 2. The third kappa shape index (κ3) is 6.40. The number of fused-ring (bicyclic) bond motifs is 1. The number of rotatable bonds is 9. The van der Waals surface area contributed by atoms with Crippen LogP contribution in [0, 0.1) is 13.8 Å². The first-order valence-electron chi connectivity index (χ1n) is 14.0. The van der Waals surface area contributed by atoms with Crippen LogP contribution in [0.1, 0.15) is 39.5 Å². The molecule has 0 saturated heterocycles. The highest BCUT2D eigenvalue weighted by Crippen LogP contribution is 2.21. The second-order valence-electron chi connectivity index (χ2n) is 11.1. The molecule has 7 heteroatoms. The van der Waals surface area contributed by atoms with Crippen molar-refractivity contribution < 1.29 is 9.59 Å². The van der Waals surface area contributed by atoms with Crippen LogP contribution in [-0.4, -0.2) is 50.6 Å². The Balaban J connectivity index is 1.37. The molecule has 2 heterocycles. The predicted molar refractivity (Wildman–Crippen MR) is 164 cm³/mol. The van der Waals surface area contributed by atoms with Crippen LogP contribution in [-0.2, 0) is 24.7 Å². The Morgan fingerprint density at radius 3 is 2.37 bits per heavy atom. The van der Waals surface area contributed by atoms with Gasteiger partial charge in [0.2, 0.25) is 5.91 Å². The van der Waals surface area contributed by atoms with Crippen molar-refractivity contribution in [3.05, 3.63) is 113 Å². The monoisotopic (exact) mass is 547 g/mol. The lowest BCUT2D eigenvalue weighted by molar-refractivity contribution is -0.125. The van der Waals surface area contributed by atoms with Gasteiger partial charge in [-0.3, -0.25) is 14.3 Å². The highest BCUT2D eigenvalue weighted by Gasteiger charge is 2.29. The molecule has 2 N–H and O–H groups in total. The summed E-state index contributed by atoms with van der Waals surface area (Å²) < 4.78 is 1.77. The van der Waals surface area contributed by atoms with Crippen LogP contribution in [0.4, 0.5) is 0 Å². The SMILES string of the molecule is Cc1cc(C)cc(C(=O)N(C)C(Cc2ccc(-c3ccn(C)n3)cc2)C(=O)NC(C)Cc2c[nH]c3ccccc23)c1. The predicted octanol–water partition coefficient (Wildman–Crippen LogP) is 5.62. The fourth-order valence-corrected chi connectivity index (χ4v) is 5.47.